The molecule has 4 aromatic rings. The summed E-state index contributed by atoms with van der Waals surface area (Å²) in [6.45, 7) is 1.36. The molecule has 0 aliphatic carbocycles. The average molecular weight is 446 g/mol. The Kier molecular flexibility index (Phi) is 5.56. The number of carbonyl (C=O) groups excluding carboxylic acids is 3. The number of nitrogens with one attached hydrogen (secondary N) is 2. The number of hydrazine groups is 1. The molecule has 4 rings (SSSR count). The van der Waals surface area contributed by atoms with Gasteiger partial charge in [0, 0.05) is 25.9 Å². The van der Waals surface area contributed by atoms with E-state index in [-0.39, 0.29) is 6.42 Å². The minimum absolute atomic E-state index is 0.0679. The van der Waals surface area contributed by atoms with Crippen molar-refractivity contribution in [3.05, 3.63) is 51.3 Å². The number of hydrogen-bond acceptors (Lipinski definition) is 8. The summed E-state index contributed by atoms with van der Waals surface area (Å²) in [5.41, 5.74) is 5.35. The second-order valence-corrected chi connectivity index (χ2v) is 9.21. The summed E-state index contributed by atoms with van der Waals surface area (Å²) in [5, 5.41) is 3.61. The van der Waals surface area contributed by atoms with E-state index >= 15 is 0 Å². The quantitative estimate of drug-likeness (QED) is 0.362. The first-order chi connectivity index (χ1) is 14.0. The summed E-state index contributed by atoms with van der Waals surface area (Å²) in [6, 6.07) is 9.78. The lowest BCUT2D eigenvalue weighted by Crippen LogP contribution is -2.44. The van der Waals surface area contributed by atoms with E-state index in [9.17, 15) is 14.4 Å². The Morgan fingerprint density at radius 2 is 1.86 bits per heavy atom. The number of fused-ring (bicyclic) bond motifs is 3. The van der Waals surface area contributed by atoms with E-state index in [0.717, 1.165) is 25.2 Å². The van der Waals surface area contributed by atoms with Gasteiger partial charge in [0.25, 0.3) is 5.91 Å². The fourth-order valence-electron chi connectivity index (χ4n) is 2.64. The Bertz CT molecular complexity index is 1220. The van der Waals surface area contributed by atoms with Crippen LogP contribution in [0.3, 0.4) is 0 Å². The number of rotatable bonds is 5. The Morgan fingerprint density at radius 1 is 1.07 bits per heavy atom. The normalized spacial score (nSPS) is 10.9. The number of thiazole rings is 1. The molecule has 10 heteroatoms. The third kappa shape index (κ3) is 4.44. The van der Waals surface area contributed by atoms with Crippen molar-refractivity contribution in [3.63, 3.8) is 0 Å². The highest BCUT2D eigenvalue weighted by Crippen LogP contribution is 2.39. The van der Waals surface area contributed by atoms with Crippen LogP contribution in [0.5, 0.6) is 0 Å². The lowest BCUT2D eigenvalue weighted by molar-refractivity contribution is -0.130. The molecule has 0 spiro atoms. The third-order valence-electron chi connectivity index (χ3n) is 3.90. The van der Waals surface area contributed by atoms with Gasteiger partial charge >= 0.3 is 5.97 Å². The summed E-state index contributed by atoms with van der Waals surface area (Å²) < 4.78 is 8.27. The molecule has 0 radical (unpaired) electrons. The van der Waals surface area contributed by atoms with Crippen molar-refractivity contribution in [2.45, 2.75) is 13.3 Å². The number of thiophene rings is 2. The smallest absolute Gasteiger partial charge is 0.348 e. The molecule has 0 aliphatic rings. The number of nitrogens with zero attached hydrogens (tertiary/aromatic N) is 1. The summed E-state index contributed by atoms with van der Waals surface area (Å²) >= 11 is 4.33. The third-order valence-corrected chi connectivity index (χ3v) is 7.27. The zero-order valence-corrected chi connectivity index (χ0v) is 17.6. The molecule has 3 aromatic heterocycles. The number of benzene rings is 1. The van der Waals surface area contributed by atoms with Gasteiger partial charge < -0.3 is 4.74 Å². The Balaban J connectivity index is 1.28. The molecule has 3 heterocycles. The maximum atomic E-state index is 12.3. The molecule has 1 aromatic carbocycles. The summed E-state index contributed by atoms with van der Waals surface area (Å²) in [6.07, 6.45) is 0.0679. The minimum atomic E-state index is -0.620. The molecule has 0 bridgehead atoms. The van der Waals surface area contributed by atoms with E-state index in [1.54, 1.807) is 17.4 Å². The highest BCUT2D eigenvalue weighted by atomic mass is 32.1. The molecular weight excluding hydrogens is 430 g/mol. The van der Waals surface area contributed by atoms with Crippen molar-refractivity contribution in [3.8, 4) is 0 Å². The molecule has 29 heavy (non-hydrogen) atoms. The van der Waals surface area contributed by atoms with Gasteiger partial charge in [-0.05, 0) is 19.1 Å². The van der Waals surface area contributed by atoms with Crippen LogP contribution in [0.1, 0.15) is 20.4 Å². The zero-order valence-electron chi connectivity index (χ0n) is 15.2. The van der Waals surface area contributed by atoms with Crippen LogP contribution in [0.2, 0.25) is 0 Å². The minimum Gasteiger partial charge on any atom is -0.451 e. The van der Waals surface area contributed by atoms with Gasteiger partial charge in [-0.15, -0.1) is 34.0 Å². The number of hydrogen-bond donors (Lipinski definition) is 2. The van der Waals surface area contributed by atoms with Crippen molar-refractivity contribution in [1.29, 1.82) is 0 Å². The fourth-order valence-corrected chi connectivity index (χ4v) is 5.83. The van der Waals surface area contributed by atoms with E-state index in [0.29, 0.717) is 9.88 Å². The second kappa shape index (κ2) is 8.27. The number of carbonyl (C=O) groups is 3. The number of aromatic nitrogens is 1. The maximum Gasteiger partial charge on any atom is 0.348 e. The standard InChI is InChI=1S/C19H15N3O4S3/c1-10-9-27-17(20-10)7-15(23)21-22-16(24)8-26-19(25)14-6-13-18(29-14)11-4-2-3-5-12(11)28-13/h2-6,9H,7-8H2,1H3,(H,21,23)(H,22,24). The van der Waals surface area contributed by atoms with E-state index in [4.69, 9.17) is 4.74 Å². The maximum absolute atomic E-state index is 12.3. The first kappa shape index (κ1) is 19.5. The molecule has 0 aliphatic heterocycles. The van der Waals surface area contributed by atoms with Crippen LogP contribution < -0.4 is 10.9 Å². The molecule has 0 atom stereocenters. The molecule has 0 unspecified atom stereocenters. The Hall–Kier alpha value is -2.82. The van der Waals surface area contributed by atoms with Crippen LogP contribution >= 0.6 is 34.0 Å². The van der Waals surface area contributed by atoms with Crippen molar-refractivity contribution >= 4 is 71.3 Å². The summed E-state index contributed by atoms with van der Waals surface area (Å²) in [4.78, 5) is 40.5. The number of esters is 1. The van der Waals surface area contributed by atoms with Gasteiger partial charge in [-0.25, -0.2) is 9.78 Å². The van der Waals surface area contributed by atoms with Gasteiger partial charge in [-0.1, -0.05) is 18.2 Å². The number of amides is 2. The van der Waals surface area contributed by atoms with Gasteiger partial charge in [-0.3, -0.25) is 20.4 Å². The van der Waals surface area contributed by atoms with Crippen LogP contribution in [0.15, 0.2) is 35.7 Å². The van der Waals surface area contributed by atoms with Crippen molar-refractivity contribution in [1.82, 2.24) is 15.8 Å². The second-order valence-electron chi connectivity index (χ2n) is 6.13. The number of ether oxygens (including phenoxy) is 1. The molecule has 148 valence electrons. The number of aryl methyl sites for hydroxylation is 1. The predicted octanol–water partition coefficient (Wildman–Crippen LogP) is 3.43. The van der Waals surface area contributed by atoms with E-state index in [2.05, 4.69) is 15.8 Å². The molecule has 2 N–H and O–H groups in total. The van der Waals surface area contributed by atoms with Gasteiger partial charge in [0.1, 0.15) is 9.88 Å². The zero-order chi connectivity index (χ0) is 20.4. The van der Waals surface area contributed by atoms with Gasteiger partial charge in [0.15, 0.2) is 6.61 Å². The van der Waals surface area contributed by atoms with Crippen LogP contribution in [-0.4, -0.2) is 29.4 Å². The fraction of sp³-hybridized carbons (Fsp3) is 0.158. The topological polar surface area (TPSA) is 97.4 Å². The van der Waals surface area contributed by atoms with Gasteiger partial charge in [0.05, 0.1) is 11.1 Å². The average Bonchev–Trinajstić information content (AvgIpc) is 3.38. The van der Waals surface area contributed by atoms with Crippen LogP contribution in [0.25, 0.3) is 19.5 Å². The van der Waals surface area contributed by atoms with E-state index in [1.165, 1.54) is 22.7 Å². The molecule has 0 fully saturated rings. The molecular formula is C19H15N3O4S3. The Morgan fingerprint density at radius 3 is 2.66 bits per heavy atom. The Labute approximate surface area is 177 Å². The summed E-state index contributed by atoms with van der Waals surface area (Å²) in [5.74, 6) is -1.59. The van der Waals surface area contributed by atoms with Gasteiger partial charge in [0.2, 0.25) is 5.91 Å². The van der Waals surface area contributed by atoms with E-state index < -0.39 is 24.4 Å². The van der Waals surface area contributed by atoms with Crippen molar-refractivity contribution < 1.29 is 19.1 Å². The van der Waals surface area contributed by atoms with Crippen LogP contribution in [0.4, 0.5) is 0 Å². The molecule has 7 nitrogen and oxygen atoms in total. The lowest BCUT2D eigenvalue weighted by atomic mass is 10.2. The first-order valence-corrected chi connectivity index (χ1v) is 11.1. The SMILES string of the molecule is Cc1csc(CC(=O)NNC(=O)COC(=O)c2cc3sc4ccccc4c3s2)n1. The van der Waals surface area contributed by atoms with Crippen LogP contribution in [-0.2, 0) is 20.7 Å². The monoisotopic (exact) mass is 445 g/mol. The van der Waals surface area contributed by atoms with Crippen molar-refractivity contribution in [2.75, 3.05) is 6.61 Å². The highest BCUT2D eigenvalue weighted by molar-refractivity contribution is 7.33. The predicted molar refractivity (Wildman–Crippen MR) is 114 cm³/mol. The lowest BCUT2D eigenvalue weighted by Gasteiger charge is -2.07. The first-order valence-electron chi connectivity index (χ1n) is 8.56. The largest absolute Gasteiger partial charge is 0.451 e. The molecule has 2 amide bonds. The van der Waals surface area contributed by atoms with Gasteiger partial charge in [-0.2, -0.15) is 0 Å². The van der Waals surface area contributed by atoms with Crippen molar-refractivity contribution in [2.24, 2.45) is 0 Å². The van der Waals surface area contributed by atoms with E-state index in [1.807, 2.05) is 36.6 Å². The molecule has 0 saturated carbocycles. The van der Waals surface area contributed by atoms with Crippen LogP contribution in [0, 0.1) is 6.92 Å². The summed E-state index contributed by atoms with van der Waals surface area (Å²) in [7, 11) is 0. The highest BCUT2D eigenvalue weighted by Gasteiger charge is 2.17. The molecule has 0 saturated heterocycles.